The number of benzene rings is 3. The summed E-state index contributed by atoms with van der Waals surface area (Å²) in [5.41, 5.74) is 3.10. The van der Waals surface area contributed by atoms with Gasteiger partial charge in [0.25, 0.3) is 0 Å². The molecule has 0 aliphatic rings. The topological polar surface area (TPSA) is 44.1 Å². The maximum absolute atomic E-state index is 12.6. The van der Waals surface area contributed by atoms with Crippen LogP contribution in [0.15, 0.2) is 91.0 Å². The molecule has 0 saturated carbocycles. The lowest BCUT2D eigenvalue weighted by atomic mass is 9.90. The molecular formula is C23H20N2O. The monoisotopic (exact) mass is 340 g/mol. The standard InChI is InChI=1S/C23H20N2O/c24-17-16-23(26)25(21-14-8-3-9-15-21)18-22(19-10-4-1-5-11-19)20-12-6-2-7-13-20/h1-15,22H,16,18H2. The average molecular weight is 340 g/mol. The molecule has 1 amide bonds. The largest absolute Gasteiger partial charge is 0.311 e. The van der Waals surface area contributed by atoms with Gasteiger partial charge in [0.2, 0.25) is 5.91 Å². The number of nitrogens with zero attached hydrogens (tertiary/aromatic N) is 2. The van der Waals surface area contributed by atoms with Crippen molar-refractivity contribution in [3.63, 3.8) is 0 Å². The zero-order valence-electron chi connectivity index (χ0n) is 14.5. The second-order valence-electron chi connectivity index (χ2n) is 6.05. The van der Waals surface area contributed by atoms with Gasteiger partial charge >= 0.3 is 0 Å². The summed E-state index contributed by atoms with van der Waals surface area (Å²) < 4.78 is 0. The summed E-state index contributed by atoms with van der Waals surface area (Å²) in [6.45, 7) is 0.485. The molecule has 0 heterocycles. The molecule has 3 aromatic carbocycles. The van der Waals surface area contributed by atoms with Gasteiger partial charge in [0.15, 0.2) is 0 Å². The Kier molecular flexibility index (Phi) is 5.80. The molecule has 0 aliphatic carbocycles. The van der Waals surface area contributed by atoms with E-state index in [9.17, 15) is 4.79 Å². The van der Waals surface area contributed by atoms with Crippen molar-refractivity contribution in [2.45, 2.75) is 12.3 Å². The highest BCUT2D eigenvalue weighted by Gasteiger charge is 2.22. The molecule has 0 unspecified atom stereocenters. The lowest BCUT2D eigenvalue weighted by Gasteiger charge is -2.28. The first-order chi connectivity index (χ1) is 12.8. The molecule has 0 aromatic heterocycles. The van der Waals surface area contributed by atoms with E-state index in [1.165, 1.54) is 0 Å². The molecule has 128 valence electrons. The molecule has 0 bridgehead atoms. The highest BCUT2D eigenvalue weighted by molar-refractivity contribution is 5.94. The fourth-order valence-electron chi connectivity index (χ4n) is 3.08. The van der Waals surface area contributed by atoms with Crippen molar-refractivity contribution in [3.8, 4) is 6.07 Å². The van der Waals surface area contributed by atoms with E-state index in [1.54, 1.807) is 4.90 Å². The molecule has 0 radical (unpaired) electrons. The highest BCUT2D eigenvalue weighted by atomic mass is 16.2. The number of nitriles is 1. The second-order valence-corrected chi connectivity index (χ2v) is 6.05. The molecule has 3 aromatic rings. The molecule has 0 atom stereocenters. The van der Waals surface area contributed by atoms with Crippen LogP contribution < -0.4 is 4.90 Å². The van der Waals surface area contributed by atoms with Crippen LogP contribution in [0.3, 0.4) is 0 Å². The maximum atomic E-state index is 12.6. The quantitative estimate of drug-likeness (QED) is 0.649. The molecule has 0 aliphatic heterocycles. The van der Waals surface area contributed by atoms with Crippen LogP contribution in [0.4, 0.5) is 5.69 Å². The van der Waals surface area contributed by atoms with Gasteiger partial charge in [0, 0.05) is 18.2 Å². The second kappa shape index (κ2) is 8.64. The predicted octanol–water partition coefficient (Wildman–Crippen LogP) is 4.77. The Hall–Kier alpha value is -3.38. The zero-order chi connectivity index (χ0) is 18.2. The van der Waals surface area contributed by atoms with Crippen molar-refractivity contribution in [2.75, 3.05) is 11.4 Å². The van der Waals surface area contributed by atoms with Gasteiger partial charge in [-0.2, -0.15) is 5.26 Å². The van der Waals surface area contributed by atoms with Crippen LogP contribution in [0.5, 0.6) is 0 Å². The smallest absolute Gasteiger partial charge is 0.241 e. The lowest BCUT2D eigenvalue weighted by Crippen LogP contribution is -2.34. The van der Waals surface area contributed by atoms with Crippen LogP contribution in [-0.2, 0) is 4.79 Å². The van der Waals surface area contributed by atoms with Crippen LogP contribution in [0.1, 0.15) is 23.5 Å². The molecular weight excluding hydrogens is 320 g/mol. The molecule has 3 nitrogen and oxygen atoms in total. The summed E-state index contributed by atoms with van der Waals surface area (Å²) in [6.07, 6.45) is -0.134. The van der Waals surface area contributed by atoms with Gasteiger partial charge in [0.05, 0.1) is 6.07 Å². The van der Waals surface area contributed by atoms with E-state index in [1.807, 2.05) is 72.8 Å². The molecule has 0 spiro atoms. The van der Waals surface area contributed by atoms with E-state index in [-0.39, 0.29) is 18.2 Å². The van der Waals surface area contributed by atoms with Gasteiger partial charge in [0.1, 0.15) is 6.42 Å². The summed E-state index contributed by atoms with van der Waals surface area (Å²) >= 11 is 0. The number of hydrogen-bond donors (Lipinski definition) is 0. The lowest BCUT2D eigenvalue weighted by molar-refractivity contribution is -0.117. The Labute approximate surface area is 154 Å². The van der Waals surface area contributed by atoms with Gasteiger partial charge < -0.3 is 4.90 Å². The fraction of sp³-hybridized carbons (Fsp3) is 0.130. The van der Waals surface area contributed by atoms with Crippen molar-refractivity contribution >= 4 is 11.6 Å². The number of carbonyl (C=O) groups is 1. The number of carbonyl (C=O) groups excluding carboxylic acids is 1. The average Bonchev–Trinajstić information content (AvgIpc) is 2.71. The van der Waals surface area contributed by atoms with E-state index in [2.05, 4.69) is 24.3 Å². The van der Waals surface area contributed by atoms with Crippen molar-refractivity contribution in [1.82, 2.24) is 0 Å². The first-order valence-corrected chi connectivity index (χ1v) is 8.62. The summed E-state index contributed by atoms with van der Waals surface area (Å²) in [6, 6.07) is 31.8. The summed E-state index contributed by atoms with van der Waals surface area (Å²) in [4.78, 5) is 14.4. The first kappa shape index (κ1) is 17.4. The SMILES string of the molecule is N#CCC(=O)N(CC(c1ccccc1)c1ccccc1)c1ccccc1. The molecule has 26 heavy (non-hydrogen) atoms. The van der Waals surface area contributed by atoms with Crippen LogP contribution in [0.25, 0.3) is 0 Å². The number of rotatable bonds is 6. The fourth-order valence-corrected chi connectivity index (χ4v) is 3.08. The van der Waals surface area contributed by atoms with E-state index < -0.39 is 0 Å². The van der Waals surface area contributed by atoms with E-state index >= 15 is 0 Å². The molecule has 3 rings (SSSR count). The predicted molar refractivity (Wildman–Crippen MR) is 104 cm³/mol. The van der Waals surface area contributed by atoms with Gasteiger partial charge in [-0.3, -0.25) is 4.79 Å². The minimum atomic E-state index is -0.185. The summed E-state index contributed by atoms with van der Waals surface area (Å²) in [5, 5.41) is 9.00. The third kappa shape index (κ3) is 4.17. The van der Waals surface area contributed by atoms with Crippen molar-refractivity contribution in [3.05, 3.63) is 102 Å². The van der Waals surface area contributed by atoms with Crippen LogP contribution in [-0.4, -0.2) is 12.5 Å². The maximum Gasteiger partial charge on any atom is 0.241 e. The minimum Gasteiger partial charge on any atom is -0.311 e. The Morgan fingerprint density at radius 2 is 1.27 bits per heavy atom. The van der Waals surface area contributed by atoms with Crippen LogP contribution in [0.2, 0.25) is 0 Å². The molecule has 0 saturated heterocycles. The summed E-state index contributed by atoms with van der Waals surface area (Å²) in [5.74, 6) is -0.157. The Morgan fingerprint density at radius 1 is 0.808 bits per heavy atom. The normalized spacial score (nSPS) is 10.3. The number of amides is 1. The number of anilines is 1. The van der Waals surface area contributed by atoms with Crippen LogP contribution >= 0.6 is 0 Å². The number of para-hydroxylation sites is 1. The van der Waals surface area contributed by atoms with Crippen molar-refractivity contribution in [1.29, 1.82) is 5.26 Å². The zero-order valence-corrected chi connectivity index (χ0v) is 14.5. The van der Waals surface area contributed by atoms with Gasteiger partial charge in [-0.15, -0.1) is 0 Å². The van der Waals surface area contributed by atoms with Crippen molar-refractivity contribution in [2.24, 2.45) is 0 Å². The van der Waals surface area contributed by atoms with Gasteiger partial charge in [-0.1, -0.05) is 78.9 Å². The third-order valence-corrected chi connectivity index (χ3v) is 4.37. The highest BCUT2D eigenvalue weighted by Crippen LogP contribution is 2.28. The first-order valence-electron chi connectivity index (χ1n) is 8.62. The molecule has 0 fully saturated rings. The van der Waals surface area contributed by atoms with Gasteiger partial charge in [-0.25, -0.2) is 0 Å². The Balaban J connectivity index is 2.00. The van der Waals surface area contributed by atoms with Crippen LogP contribution in [0, 0.1) is 11.3 Å². The minimum absolute atomic E-state index is 0.0280. The third-order valence-electron chi connectivity index (χ3n) is 4.37. The molecule has 0 N–H and O–H groups in total. The number of hydrogen-bond acceptors (Lipinski definition) is 2. The summed E-state index contributed by atoms with van der Waals surface area (Å²) in [7, 11) is 0. The Morgan fingerprint density at radius 3 is 1.73 bits per heavy atom. The van der Waals surface area contributed by atoms with Gasteiger partial charge in [-0.05, 0) is 23.3 Å². The van der Waals surface area contributed by atoms with E-state index in [4.69, 9.17) is 5.26 Å². The Bertz CT molecular complexity index is 831. The molecule has 3 heteroatoms. The van der Waals surface area contributed by atoms with E-state index in [0.717, 1.165) is 16.8 Å². The van der Waals surface area contributed by atoms with E-state index in [0.29, 0.717) is 6.54 Å². The van der Waals surface area contributed by atoms with Crippen molar-refractivity contribution < 1.29 is 4.79 Å².